The summed E-state index contributed by atoms with van der Waals surface area (Å²) >= 11 is 0. The van der Waals surface area contributed by atoms with E-state index >= 15 is 0 Å². The van der Waals surface area contributed by atoms with E-state index in [-0.39, 0.29) is 17.9 Å². The number of aromatic nitrogens is 5. The highest BCUT2D eigenvalue weighted by atomic mass is 16.5. The minimum absolute atomic E-state index is 0.0454. The first kappa shape index (κ1) is 32.0. The van der Waals surface area contributed by atoms with Gasteiger partial charge >= 0.3 is 0 Å². The van der Waals surface area contributed by atoms with Gasteiger partial charge in [-0.3, -0.25) is 29.1 Å². The van der Waals surface area contributed by atoms with Gasteiger partial charge in [0.05, 0.1) is 36.0 Å². The Kier molecular flexibility index (Phi) is 8.26. The van der Waals surface area contributed by atoms with Gasteiger partial charge in [0.1, 0.15) is 12.1 Å². The molecule has 0 saturated carbocycles. The summed E-state index contributed by atoms with van der Waals surface area (Å²) in [6.45, 7) is 8.03. The van der Waals surface area contributed by atoms with Gasteiger partial charge in [-0.05, 0) is 62.9 Å². The molecule has 1 spiro atoms. The van der Waals surface area contributed by atoms with Gasteiger partial charge in [-0.2, -0.15) is 5.10 Å². The van der Waals surface area contributed by atoms with Crippen LogP contribution in [0.1, 0.15) is 55.5 Å². The van der Waals surface area contributed by atoms with E-state index in [1.807, 2.05) is 67.1 Å². The van der Waals surface area contributed by atoms with E-state index in [0.717, 1.165) is 59.5 Å². The number of aliphatic imine (C=N–C) groups is 1. The number of hydrogen-bond donors (Lipinski definition) is 0. The number of benzene rings is 1. The lowest BCUT2D eigenvalue weighted by Crippen LogP contribution is -2.43. The number of fused-ring (bicyclic) bond motifs is 1. The zero-order chi connectivity index (χ0) is 34.4. The van der Waals surface area contributed by atoms with Crippen LogP contribution in [-0.4, -0.2) is 97.4 Å². The van der Waals surface area contributed by atoms with Crippen molar-refractivity contribution in [2.45, 2.75) is 45.8 Å². The molecular weight excluding hydrogens is 630 g/mol. The second kappa shape index (κ2) is 12.9. The molecule has 2 fully saturated rings. The number of carbonyl (C=O) groups is 2. The molecule has 4 aliphatic rings. The van der Waals surface area contributed by atoms with Crippen LogP contribution in [0.2, 0.25) is 0 Å². The number of rotatable bonds is 8. The highest BCUT2D eigenvalue weighted by molar-refractivity contribution is 6.14. The summed E-state index contributed by atoms with van der Waals surface area (Å²) in [4.78, 5) is 51.8. The maximum Gasteiger partial charge on any atom is 0.237 e. The molecule has 2 saturated heterocycles. The van der Waals surface area contributed by atoms with Crippen molar-refractivity contribution in [3.05, 3.63) is 89.5 Å². The Labute approximate surface area is 291 Å². The summed E-state index contributed by atoms with van der Waals surface area (Å²) < 4.78 is 7.39. The third kappa shape index (κ3) is 6.08. The molecule has 0 radical (unpaired) electrons. The molecule has 1 aromatic carbocycles. The second-order valence-electron chi connectivity index (χ2n) is 14.0. The van der Waals surface area contributed by atoms with E-state index in [0.29, 0.717) is 56.8 Å². The van der Waals surface area contributed by atoms with Gasteiger partial charge in [0.25, 0.3) is 0 Å². The third-order valence-electron chi connectivity index (χ3n) is 10.2. The normalized spacial score (nSPS) is 20.5. The quantitative estimate of drug-likeness (QED) is 0.274. The van der Waals surface area contributed by atoms with Gasteiger partial charge in [0, 0.05) is 62.2 Å². The van der Waals surface area contributed by atoms with Crippen LogP contribution in [0.15, 0.2) is 72.1 Å². The van der Waals surface area contributed by atoms with Crippen LogP contribution in [0.4, 0.5) is 5.82 Å². The first-order valence-corrected chi connectivity index (χ1v) is 17.4. The predicted molar refractivity (Wildman–Crippen MR) is 190 cm³/mol. The van der Waals surface area contributed by atoms with Crippen LogP contribution in [0.25, 0.3) is 17.0 Å². The van der Waals surface area contributed by atoms with Crippen molar-refractivity contribution in [1.29, 1.82) is 0 Å². The minimum atomic E-state index is -0.486. The number of pyridine rings is 2. The van der Waals surface area contributed by atoms with Gasteiger partial charge in [0.15, 0.2) is 5.82 Å². The monoisotopic (exact) mass is 671 g/mol. The molecule has 12 heteroatoms. The number of ether oxygens (including phenoxy) is 1. The Morgan fingerprint density at radius 3 is 2.48 bits per heavy atom. The fourth-order valence-corrected chi connectivity index (χ4v) is 7.52. The number of likely N-dealkylation sites (tertiary alicyclic amines) is 1. The van der Waals surface area contributed by atoms with Crippen LogP contribution in [0.5, 0.6) is 5.88 Å². The van der Waals surface area contributed by atoms with E-state index in [2.05, 4.69) is 38.2 Å². The van der Waals surface area contributed by atoms with E-state index in [4.69, 9.17) is 14.7 Å². The zero-order valence-electron chi connectivity index (χ0n) is 28.7. The molecule has 8 rings (SSSR count). The van der Waals surface area contributed by atoms with Gasteiger partial charge in [-0.25, -0.2) is 15.0 Å². The molecule has 50 heavy (non-hydrogen) atoms. The molecule has 0 N–H and O–H groups in total. The van der Waals surface area contributed by atoms with Crippen LogP contribution in [0.3, 0.4) is 0 Å². The number of carbonyl (C=O) groups excluding carboxylic acids is 2. The molecule has 12 nitrogen and oxygen atoms in total. The van der Waals surface area contributed by atoms with Crippen LogP contribution in [-0.2, 0) is 23.2 Å². The second-order valence-corrected chi connectivity index (χ2v) is 14.0. The summed E-state index contributed by atoms with van der Waals surface area (Å²) in [6, 6.07) is 16.1. The number of amides is 2. The van der Waals surface area contributed by atoms with Crippen molar-refractivity contribution in [2.24, 2.45) is 17.5 Å². The molecular formula is C38H41N9O3. The van der Waals surface area contributed by atoms with Crippen molar-refractivity contribution in [3.8, 4) is 17.3 Å². The summed E-state index contributed by atoms with van der Waals surface area (Å²) in [5.41, 5.74) is 6.39. The highest BCUT2D eigenvalue weighted by Gasteiger charge is 2.51. The number of nitrogens with zero attached hydrogens (tertiary/aromatic N) is 9. The molecule has 4 aromatic rings. The molecule has 1 atom stereocenters. The molecule has 0 bridgehead atoms. The predicted octanol–water partition coefficient (Wildman–Crippen LogP) is 4.16. The molecule has 2 amide bonds. The van der Waals surface area contributed by atoms with Crippen molar-refractivity contribution < 1.29 is 14.3 Å². The Morgan fingerprint density at radius 1 is 0.960 bits per heavy atom. The summed E-state index contributed by atoms with van der Waals surface area (Å²) in [5.74, 6) is 2.15. The Hall–Kier alpha value is -5.23. The number of aryl methyl sites for hydroxylation is 1. The third-order valence-corrected chi connectivity index (χ3v) is 10.2. The minimum Gasteiger partial charge on any atom is -0.475 e. The number of anilines is 1. The molecule has 3 aromatic heterocycles. The fourth-order valence-electron chi connectivity index (χ4n) is 7.52. The van der Waals surface area contributed by atoms with E-state index in [1.165, 1.54) is 5.57 Å². The maximum absolute atomic E-state index is 14.0. The molecule has 0 aliphatic carbocycles. The lowest BCUT2D eigenvalue weighted by Gasteiger charge is -2.29. The fraction of sp³-hybridized carbons (Fsp3) is 0.395. The highest BCUT2D eigenvalue weighted by Crippen LogP contribution is 2.42. The van der Waals surface area contributed by atoms with E-state index in [1.54, 1.807) is 17.2 Å². The molecule has 256 valence electrons. The first-order valence-electron chi connectivity index (χ1n) is 17.4. The maximum atomic E-state index is 14.0. The topological polar surface area (TPSA) is 122 Å². The Bertz CT molecular complexity index is 2000. The van der Waals surface area contributed by atoms with E-state index in [9.17, 15) is 9.59 Å². The lowest BCUT2D eigenvalue weighted by atomic mass is 9.85. The smallest absolute Gasteiger partial charge is 0.237 e. The van der Waals surface area contributed by atoms with Crippen molar-refractivity contribution in [2.75, 3.05) is 44.2 Å². The zero-order valence-corrected chi connectivity index (χ0v) is 28.7. The van der Waals surface area contributed by atoms with E-state index < -0.39 is 5.41 Å². The summed E-state index contributed by atoms with van der Waals surface area (Å²) in [6.07, 6.45) is 7.97. The first-order chi connectivity index (χ1) is 24.2. The van der Waals surface area contributed by atoms with Crippen LogP contribution in [0, 0.1) is 5.41 Å². The van der Waals surface area contributed by atoms with Crippen molar-refractivity contribution >= 4 is 28.9 Å². The van der Waals surface area contributed by atoms with Gasteiger partial charge < -0.3 is 9.64 Å². The largest absolute Gasteiger partial charge is 0.475 e. The van der Waals surface area contributed by atoms with Gasteiger partial charge in [-0.1, -0.05) is 36.4 Å². The van der Waals surface area contributed by atoms with Crippen LogP contribution < -0.4 is 9.64 Å². The summed E-state index contributed by atoms with van der Waals surface area (Å²) in [5, 5.41) is 4.38. The standard InChI is InChI=1S/C38H41N9O3/c1-25(2)50-32-11-9-29(20-39-32)34-35-30(21-40-34)8-10-31(42-35)47-19-15-38(37(47)49)14-18-45(23-38)22-33(48)46-16-12-27(13-17-46)26-4-6-28(7-5-26)36-41-24-44(3)43-36/h4-12,20,24-25H,13-19,21-23H2,1-3H3/t38-/m0/s1. The average Bonchev–Trinajstić information content (AvgIpc) is 3.92. The average molecular weight is 672 g/mol. The van der Waals surface area contributed by atoms with Crippen LogP contribution >= 0.6 is 0 Å². The Morgan fingerprint density at radius 2 is 1.76 bits per heavy atom. The molecule has 7 heterocycles. The van der Waals surface area contributed by atoms with Gasteiger partial charge in [0.2, 0.25) is 17.7 Å². The lowest BCUT2D eigenvalue weighted by molar-refractivity contribution is -0.132. The van der Waals surface area contributed by atoms with Crippen molar-refractivity contribution in [1.82, 2.24) is 34.5 Å². The molecule has 0 unspecified atom stereocenters. The number of hydrogen-bond acceptors (Lipinski definition) is 9. The molecule has 4 aliphatic heterocycles. The Balaban J connectivity index is 0.876. The van der Waals surface area contributed by atoms with Gasteiger partial charge in [-0.15, -0.1) is 0 Å². The summed E-state index contributed by atoms with van der Waals surface area (Å²) in [7, 11) is 1.86. The van der Waals surface area contributed by atoms with Crippen molar-refractivity contribution in [3.63, 3.8) is 0 Å². The SMILES string of the molecule is CC(C)Oc1ccc(C2=NCc3ccc(N4CC[C@]5(CCN(CC(=O)N6CC=C(c7ccc(-c8ncn(C)n8)cc7)CC6)C5)C4=O)nc32)cn1.